The lowest BCUT2D eigenvalue weighted by Gasteiger charge is -2.04. The molecule has 0 atom stereocenters. The molecule has 0 aliphatic carbocycles. The first kappa shape index (κ1) is 12.7. The first-order valence-electron chi connectivity index (χ1n) is 5.35. The molecule has 0 saturated carbocycles. The van der Waals surface area contributed by atoms with E-state index in [0.717, 1.165) is 34.1 Å². The van der Waals surface area contributed by atoms with Crippen molar-refractivity contribution in [1.29, 1.82) is 0 Å². The first-order valence-corrected chi connectivity index (χ1v) is 6.52. The maximum absolute atomic E-state index is 5.93. The zero-order chi connectivity index (χ0) is 12.3. The summed E-state index contributed by atoms with van der Waals surface area (Å²) in [6.07, 6.45) is 0. The van der Waals surface area contributed by atoms with Gasteiger partial charge in [-0.05, 0) is 52.7 Å². The maximum Gasteiger partial charge on any atom is 0.117 e. The number of benzene rings is 1. The Hall–Kier alpha value is -0.770. The Morgan fingerprint density at radius 3 is 2.71 bits per heavy atom. The summed E-state index contributed by atoms with van der Waals surface area (Å²) in [5.41, 5.74) is 1.18. The van der Waals surface area contributed by atoms with Crippen LogP contribution in [0.5, 0.6) is 0 Å². The summed E-state index contributed by atoms with van der Waals surface area (Å²) in [6, 6.07) is 9.87. The van der Waals surface area contributed by atoms with Crippen LogP contribution >= 0.6 is 27.5 Å². The minimum atomic E-state index is 0.730. The number of aryl methyl sites for hydroxylation is 1. The Morgan fingerprint density at radius 1 is 1.24 bits per heavy atom. The molecule has 0 aliphatic rings. The zero-order valence-corrected chi connectivity index (χ0v) is 11.8. The lowest BCUT2D eigenvalue weighted by molar-refractivity contribution is 0.461. The minimum absolute atomic E-state index is 0.730. The van der Waals surface area contributed by atoms with Gasteiger partial charge in [-0.1, -0.05) is 17.7 Å². The van der Waals surface area contributed by atoms with Crippen molar-refractivity contribution in [2.45, 2.75) is 20.0 Å². The number of nitrogens with one attached hydrogen (secondary N) is 1. The van der Waals surface area contributed by atoms with Crippen molar-refractivity contribution in [3.63, 3.8) is 0 Å². The summed E-state index contributed by atoms with van der Waals surface area (Å²) in [6.45, 7) is 3.46. The molecular formula is C13H13BrClNO. The van der Waals surface area contributed by atoms with Gasteiger partial charge in [0.25, 0.3) is 0 Å². The van der Waals surface area contributed by atoms with Crippen LogP contribution in [0, 0.1) is 6.92 Å². The van der Waals surface area contributed by atoms with Gasteiger partial charge in [-0.15, -0.1) is 0 Å². The lowest BCUT2D eigenvalue weighted by Crippen LogP contribution is -2.12. The molecule has 1 heterocycles. The van der Waals surface area contributed by atoms with Crippen molar-refractivity contribution in [3.05, 3.63) is 56.9 Å². The van der Waals surface area contributed by atoms with Crippen LogP contribution in [0.1, 0.15) is 17.1 Å². The van der Waals surface area contributed by atoms with Gasteiger partial charge < -0.3 is 9.73 Å². The largest absolute Gasteiger partial charge is 0.465 e. The Bertz CT molecular complexity index is 510. The molecule has 1 N–H and O–H groups in total. The highest BCUT2D eigenvalue weighted by Crippen LogP contribution is 2.23. The van der Waals surface area contributed by atoms with Gasteiger partial charge in [-0.25, -0.2) is 0 Å². The van der Waals surface area contributed by atoms with Gasteiger partial charge in [0, 0.05) is 11.0 Å². The number of hydrogen-bond donors (Lipinski definition) is 1. The van der Waals surface area contributed by atoms with E-state index in [1.54, 1.807) is 0 Å². The quantitative estimate of drug-likeness (QED) is 0.910. The Kier molecular flexibility index (Phi) is 4.26. The Balaban J connectivity index is 1.87. The zero-order valence-electron chi connectivity index (χ0n) is 9.47. The third-order valence-corrected chi connectivity index (χ3v) is 3.62. The van der Waals surface area contributed by atoms with Crippen molar-refractivity contribution in [2.75, 3.05) is 0 Å². The Morgan fingerprint density at radius 2 is 2.06 bits per heavy atom. The highest BCUT2D eigenvalue weighted by molar-refractivity contribution is 9.10. The SMILES string of the molecule is Cc1ccc(CNCc2ccc(Cl)c(Br)c2)o1. The summed E-state index contributed by atoms with van der Waals surface area (Å²) in [7, 11) is 0. The van der Waals surface area contributed by atoms with E-state index in [2.05, 4.69) is 21.2 Å². The van der Waals surface area contributed by atoms with Crippen molar-refractivity contribution < 1.29 is 4.42 Å². The van der Waals surface area contributed by atoms with Gasteiger partial charge in [0.2, 0.25) is 0 Å². The molecule has 0 bridgehead atoms. The fraction of sp³-hybridized carbons (Fsp3) is 0.231. The van der Waals surface area contributed by atoms with Crippen molar-refractivity contribution in [1.82, 2.24) is 5.32 Å². The lowest BCUT2D eigenvalue weighted by atomic mass is 10.2. The molecule has 0 aliphatic heterocycles. The van der Waals surface area contributed by atoms with Gasteiger partial charge in [0.05, 0.1) is 11.6 Å². The molecule has 1 aromatic carbocycles. The van der Waals surface area contributed by atoms with E-state index in [9.17, 15) is 0 Å². The highest BCUT2D eigenvalue weighted by Gasteiger charge is 2.00. The molecule has 0 saturated heterocycles. The second-order valence-corrected chi connectivity index (χ2v) is 5.13. The van der Waals surface area contributed by atoms with Crippen LogP contribution in [0.25, 0.3) is 0 Å². The van der Waals surface area contributed by atoms with E-state index in [0.29, 0.717) is 0 Å². The summed E-state index contributed by atoms with van der Waals surface area (Å²) >= 11 is 9.34. The average molecular weight is 315 g/mol. The summed E-state index contributed by atoms with van der Waals surface area (Å²) in [5.74, 6) is 1.89. The molecule has 90 valence electrons. The number of rotatable bonds is 4. The predicted octanol–water partition coefficient (Wildman–Crippen LogP) is 4.29. The topological polar surface area (TPSA) is 25.2 Å². The average Bonchev–Trinajstić information content (AvgIpc) is 2.70. The molecule has 0 radical (unpaired) electrons. The second-order valence-electron chi connectivity index (χ2n) is 3.86. The number of halogens is 2. The van der Waals surface area contributed by atoms with Crippen LogP contribution in [0.3, 0.4) is 0 Å². The van der Waals surface area contributed by atoms with E-state index in [-0.39, 0.29) is 0 Å². The predicted molar refractivity (Wildman–Crippen MR) is 73.1 cm³/mol. The third-order valence-electron chi connectivity index (χ3n) is 2.41. The van der Waals surface area contributed by atoms with Crippen LogP contribution < -0.4 is 5.32 Å². The molecule has 2 rings (SSSR count). The maximum atomic E-state index is 5.93. The molecule has 4 heteroatoms. The minimum Gasteiger partial charge on any atom is -0.465 e. The van der Waals surface area contributed by atoms with E-state index in [4.69, 9.17) is 16.0 Å². The van der Waals surface area contributed by atoms with Gasteiger partial charge in [-0.2, -0.15) is 0 Å². The first-order chi connectivity index (χ1) is 8.15. The molecule has 17 heavy (non-hydrogen) atoms. The molecule has 2 nitrogen and oxygen atoms in total. The molecule has 2 aromatic rings. The Labute approximate surface area is 114 Å². The summed E-state index contributed by atoms with van der Waals surface area (Å²) in [5, 5.41) is 4.05. The second kappa shape index (κ2) is 5.71. The molecular weight excluding hydrogens is 302 g/mol. The fourth-order valence-corrected chi connectivity index (χ4v) is 2.10. The van der Waals surface area contributed by atoms with Crippen LogP contribution in [0.2, 0.25) is 5.02 Å². The molecule has 0 unspecified atom stereocenters. The number of hydrogen-bond acceptors (Lipinski definition) is 2. The third kappa shape index (κ3) is 3.60. The monoisotopic (exact) mass is 313 g/mol. The van der Waals surface area contributed by atoms with Crippen molar-refractivity contribution in [3.8, 4) is 0 Å². The number of furan rings is 1. The summed E-state index contributed by atoms with van der Waals surface area (Å²) in [4.78, 5) is 0. The van der Waals surface area contributed by atoms with E-state index in [1.165, 1.54) is 5.56 Å². The molecule has 1 aromatic heterocycles. The standard InChI is InChI=1S/C13H13BrClNO/c1-9-2-4-11(17-9)8-16-7-10-3-5-13(15)12(14)6-10/h2-6,16H,7-8H2,1H3. The van der Waals surface area contributed by atoms with Crippen LogP contribution in [0.4, 0.5) is 0 Å². The smallest absolute Gasteiger partial charge is 0.117 e. The van der Waals surface area contributed by atoms with E-state index < -0.39 is 0 Å². The van der Waals surface area contributed by atoms with E-state index >= 15 is 0 Å². The van der Waals surface area contributed by atoms with Gasteiger partial charge in [0.1, 0.15) is 11.5 Å². The molecule has 0 spiro atoms. The summed E-state index contributed by atoms with van der Waals surface area (Å²) < 4.78 is 6.39. The highest BCUT2D eigenvalue weighted by atomic mass is 79.9. The van der Waals surface area contributed by atoms with E-state index in [1.807, 2.05) is 37.3 Å². The van der Waals surface area contributed by atoms with Crippen molar-refractivity contribution >= 4 is 27.5 Å². The fourth-order valence-electron chi connectivity index (χ4n) is 1.56. The van der Waals surface area contributed by atoms with Crippen LogP contribution in [-0.4, -0.2) is 0 Å². The van der Waals surface area contributed by atoms with Gasteiger partial charge >= 0.3 is 0 Å². The van der Waals surface area contributed by atoms with Gasteiger partial charge in [-0.3, -0.25) is 0 Å². The van der Waals surface area contributed by atoms with Crippen LogP contribution in [0.15, 0.2) is 39.2 Å². The molecule has 0 amide bonds. The van der Waals surface area contributed by atoms with Gasteiger partial charge in [0.15, 0.2) is 0 Å². The van der Waals surface area contributed by atoms with Crippen molar-refractivity contribution in [2.24, 2.45) is 0 Å². The van der Waals surface area contributed by atoms with Crippen LogP contribution in [-0.2, 0) is 13.1 Å². The molecule has 0 fully saturated rings. The normalized spacial score (nSPS) is 10.8.